The monoisotopic (exact) mass is 659 g/mol. The molecular formula is C29H27ClF9NO4. The quantitative estimate of drug-likeness (QED) is 0.182. The van der Waals surface area contributed by atoms with Crippen LogP contribution < -0.4 is 0 Å². The number of ether oxygens (including phenoxy) is 2. The van der Waals surface area contributed by atoms with Gasteiger partial charge in [-0.2, -0.15) is 39.5 Å². The van der Waals surface area contributed by atoms with Crippen molar-refractivity contribution >= 4 is 29.2 Å². The summed E-state index contributed by atoms with van der Waals surface area (Å²) in [7, 11) is 0. The van der Waals surface area contributed by atoms with E-state index < -0.39 is 76.1 Å². The third-order valence-electron chi connectivity index (χ3n) is 6.51. The van der Waals surface area contributed by atoms with Gasteiger partial charge in [0.15, 0.2) is 0 Å². The molecule has 0 aliphatic carbocycles. The molecule has 3 rings (SSSR count). The van der Waals surface area contributed by atoms with Gasteiger partial charge >= 0.3 is 30.6 Å². The zero-order chi connectivity index (χ0) is 33.4. The van der Waals surface area contributed by atoms with Gasteiger partial charge in [-0.05, 0) is 93.6 Å². The van der Waals surface area contributed by atoms with Gasteiger partial charge in [0.25, 0.3) is 0 Å². The molecule has 0 unspecified atom stereocenters. The summed E-state index contributed by atoms with van der Waals surface area (Å²) in [6.07, 6.45) is -16.1. The zero-order valence-electron chi connectivity index (χ0n) is 23.7. The molecule has 1 aliphatic heterocycles. The van der Waals surface area contributed by atoms with Crippen LogP contribution >= 0.6 is 11.6 Å². The fourth-order valence-corrected chi connectivity index (χ4v) is 5.01. The number of halogens is 10. The molecule has 242 valence electrons. The van der Waals surface area contributed by atoms with Gasteiger partial charge in [0.2, 0.25) is 0 Å². The van der Waals surface area contributed by atoms with E-state index in [1.807, 2.05) is 0 Å². The first-order valence-electron chi connectivity index (χ1n) is 13.1. The first-order valence-corrected chi connectivity index (χ1v) is 13.5. The molecule has 0 saturated carbocycles. The minimum Gasteiger partial charge on any atom is -0.463 e. The Kier molecular flexibility index (Phi) is 9.98. The van der Waals surface area contributed by atoms with Gasteiger partial charge in [-0.25, -0.2) is 9.59 Å². The third kappa shape index (κ3) is 8.39. The minimum absolute atomic E-state index is 0.100. The van der Waals surface area contributed by atoms with Gasteiger partial charge < -0.3 is 9.47 Å². The number of nitrogens with zero attached hydrogens (tertiary/aromatic N) is 1. The van der Waals surface area contributed by atoms with Crippen molar-refractivity contribution in [3.63, 3.8) is 0 Å². The highest BCUT2D eigenvalue weighted by Crippen LogP contribution is 2.47. The maximum absolute atomic E-state index is 13.7. The number of likely N-dealkylation sites (tertiary alicyclic amines) is 1. The Hall–Kier alpha value is -3.42. The molecule has 0 aromatic heterocycles. The second kappa shape index (κ2) is 12.5. The Labute approximate surface area is 251 Å². The largest absolute Gasteiger partial charge is 0.463 e. The molecule has 1 saturated heterocycles. The first-order chi connectivity index (χ1) is 20.0. The van der Waals surface area contributed by atoms with Gasteiger partial charge in [0.1, 0.15) is 5.60 Å². The van der Waals surface area contributed by atoms with E-state index in [0.717, 1.165) is 11.0 Å². The van der Waals surface area contributed by atoms with Gasteiger partial charge in [0.05, 0.1) is 35.4 Å². The van der Waals surface area contributed by atoms with Crippen molar-refractivity contribution in [2.45, 2.75) is 76.8 Å². The maximum atomic E-state index is 13.7. The average molecular weight is 660 g/mol. The van der Waals surface area contributed by atoms with E-state index in [0.29, 0.717) is 30.3 Å². The molecule has 0 N–H and O–H groups in total. The second-order valence-corrected chi connectivity index (χ2v) is 11.3. The summed E-state index contributed by atoms with van der Waals surface area (Å²) in [5.74, 6) is -1.14. The predicted octanol–water partition coefficient (Wildman–Crippen LogP) is 9.48. The van der Waals surface area contributed by atoms with Crippen molar-refractivity contribution in [3.8, 4) is 0 Å². The van der Waals surface area contributed by atoms with Crippen molar-refractivity contribution in [3.05, 3.63) is 75.3 Å². The summed E-state index contributed by atoms with van der Waals surface area (Å²) in [5.41, 5.74) is -7.04. The number of amides is 1. The summed E-state index contributed by atoms with van der Waals surface area (Å²) < 4.78 is 134. The summed E-state index contributed by atoms with van der Waals surface area (Å²) in [5, 5.41) is -0.188. The average Bonchev–Trinajstić information content (AvgIpc) is 3.29. The molecular weight excluding hydrogens is 633 g/mol. The summed E-state index contributed by atoms with van der Waals surface area (Å²) in [4.78, 5) is 27.1. The van der Waals surface area contributed by atoms with Crippen molar-refractivity contribution < 1.29 is 58.6 Å². The van der Waals surface area contributed by atoms with Crippen LogP contribution in [0.25, 0.3) is 5.57 Å². The van der Waals surface area contributed by atoms with E-state index in [9.17, 15) is 49.1 Å². The number of carbonyl (C=O) groups excluding carboxylic acids is 2. The maximum Gasteiger partial charge on any atom is 0.416 e. The van der Waals surface area contributed by atoms with E-state index in [1.165, 1.54) is 27.7 Å². The fraction of sp³-hybridized carbons (Fsp3) is 0.448. The summed E-state index contributed by atoms with van der Waals surface area (Å²) in [6, 6.07) is 0.320. The Balaban J connectivity index is 2.32. The Morgan fingerprint density at radius 2 is 1.41 bits per heavy atom. The third-order valence-corrected chi connectivity index (χ3v) is 6.86. The molecule has 2 aromatic carbocycles. The molecule has 15 heteroatoms. The van der Waals surface area contributed by atoms with Crippen LogP contribution in [-0.4, -0.2) is 35.2 Å². The lowest BCUT2D eigenvalue weighted by atomic mass is 9.92. The van der Waals surface area contributed by atoms with E-state index >= 15 is 0 Å². The number of rotatable bonds is 5. The normalized spacial score (nSPS) is 18.4. The lowest BCUT2D eigenvalue weighted by Gasteiger charge is -2.34. The number of hydrogen-bond acceptors (Lipinski definition) is 4. The number of esters is 1. The van der Waals surface area contributed by atoms with Crippen molar-refractivity contribution in [2.24, 2.45) is 0 Å². The SMILES string of the molecule is CCOC(=O)/C=C(/c1cc(C(F)(F)F)cc(C(F)(F)F)c1)[C@@H]1CC[C@@H](c2cc(C(F)(F)F)ccc2Cl)N1C(=O)OC(C)(C)C. The van der Waals surface area contributed by atoms with Crippen LogP contribution in [0.3, 0.4) is 0 Å². The number of alkyl halides is 9. The van der Waals surface area contributed by atoms with Gasteiger partial charge in [-0.1, -0.05) is 11.6 Å². The van der Waals surface area contributed by atoms with Crippen LogP contribution in [-0.2, 0) is 32.8 Å². The van der Waals surface area contributed by atoms with Crippen LogP contribution in [0.5, 0.6) is 0 Å². The molecule has 2 atom stereocenters. The lowest BCUT2D eigenvalue weighted by molar-refractivity contribution is -0.143. The van der Waals surface area contributed by atoms with Gasteiger partial charge in [-0.15, -0.1) is 0 Å². The molecule has 1 amide bonds. The van der Waals surface area contributed by atoms with Crippen LogP contribution in [0.1, 0.15) is 74.4 Å². The summed E-state index contributed by atoms with van der Waals surface area (Å²) in [6.45, 7) is 5.62. The summed E-state index contributed by atoms with van der Waals surface area (Å²) >= 11 is 6.26. The van der Waals surface area contributed by atoms with Gasteiger partial charge in [0, 0.05) is 11.1 Å². The number of hydrogen-bond donors (Lipinski definition) is 0. The highest BCUT2D eigenvalue weighted by molar-refractivity contribution is 6.31. The lowest BCUT2D eigenvalue weighted by Crippen LogP contribution is -2.42. The van der Waals surface area contributed by atoms with E-state index in [-0.39, 0.29) is 36.1 Å². The molecule has 2 aromatic rings. The second-order valence-electron chi connectivity index (χ2n) is 10.9. The number of carbonyl (C=O) groups is 2. The highest BCUT2D eigenvalue weighted by atomic mass is 35.5. The Bertz CT molecular complexity index is 1390. The minimum atomic E-state index is -5.24. The number of benzene rings is 2. The molecule has 5 nitrogen and oxygen atoms in total. The molecule has 1 heterocycles. The highest BCUT2D eigenvalue weighted by Gasteiger charge is 2.45. The van der Waals surface area contributed by atoms with Crippen LogP contribution in [0.15, 0.2) is 42.5 Å². The van der Waals surface area contributed by atoms with Crippen molar-refractivity contribution in [1.29, 1.82) is 0 Å². The van der Waals surface area contributed by atoms with Crippen molar-refractivity contribution in [1.82, 2.24) is 4.90 Å². The predicted molar refractivity (Wildman–Crippen MR) is 141 cm³/mol. The van der Waals surface area contributed by atoms with E-state index in [2.05, 4.69) is 0 Å². The van der Waals surface area contributed by atoms with Crippen LogP contribution in [0.4, 0.5) is 44.3 Å². The molecule has 0 bridgehead atoms. The standard InChI is InChI=1S/C29H27ClF9NO4/c1-5-43-24(41)14-19(15-10-17(28(34,35)36)12-18(11-15)29(37,38)39)22-8-9-23(40(22)25(42)44-26(2,3)4)20-13-16(27(31,32)33)6-7-21(20)30/h6-7,10-14,22-23H,5,8-9H2,1-4H3/b19-14-/t22-,23-/m0/s1. The Morgan fingerprint density at radius 1 is 0.864 bits per heavy atom. The fourth-order valence-electron chi connectivity index (χ4n) is 4.77. The zero-order valence-corrected chi connectivity index (χ0v) is 24.4. The van der Waals surface area contributed by atoms with Gasteiger partial charge in [-0.3, -0.25) is 4.90 Å². The van der Waals surface area contributed by atoms with Crippen molar-refractivity contribution in [2.75, 3.05) is 6.61 Å². The molecule has 0 spiro atoms. The molecule has 1 fully saturated rings. The van der Waals surface area contributed by atoms with Crippen LogP contribution in [0, 0.1) is 0 Å². The topological polar surface area (TPSA) is 55.8 Å². The first kappa shape index (κ1) is 35.1. The Morgan fingerprint density at radius 3 is 1.89 bits per heavy atom. The molecule has 1 aliphatic rings. The smallest absolute Gasteiger partial charge is 0.416 e. The van der Waals surface area contributed by atoms with E-state index in [1.54, 1.807) is 0 Å². The van der Waals surface area contributed by atoms with Crippen LogP contribution in [0.2, 0.25) is 5.02 Å². The van der Waals surface area contributed by atoms with E-state index in [4.69, 9.17) is 21.1 Å². The molecule has 0 radical (unpaired) electrons. The molecule has 44 heavy (non-hydrogen) atoms.